The molecule has 0 saturated heterocycles. The molecule has 1 radical (unpaired) electrons. The van der Waals surface area contributed by atoms with Crippen LogP contribution in [-0.2, 0) is 21.7 Å². The molecule has 0 N–H and O–H groups in total. The topological polar surface area (TPSA) is 29.4 Å². The number of nitrogens with zero attached hydrogens (tertiary/aromatic N) is 1. The molecule has 20 heavy (non-hydrogen) atoms. The van der Waals surface area contributed by atoms with Gasteiger partial charge in [-0.2, -0.15) is 6.08 Å². The summed E-state index contributed by atoms with van der Waals surface area (Å²) in [6.07, 6.45) is 10.0. The largest absolute Gasteiger partial charge is 3.00 e. The Kier molecular flexibility index (Phi) is 18.6. The van der Waals surface area contributed by atoms with E-state index < -0.39 is 8.59 Å². The van der Waals surface area contributed by atoms with Gasteiger partial charge in [0.05, 0.1) is 0 Å². The normalized spacial score (nSPS) is 9.90. The summed E-state index contributed by atoms with van der Waals surface area (Å²) in [5.41, 5.74) is 0.684. The number of rotatable bonds is 1. The van der Waals surface area contributed by atoms with Crippen molar-refractivity contribution in [2.24, 2.45) is 4.63 Å². The summed E-state index contributed by atoms with van der Waals surface area (Å²) >= 11 is 0. The van der Waals surface area contributed by atoms with Gasteiger partial charge in [0.2, 0.25) is 0 Å². The van der Waals surface area contributed by atoms with Gasteiger partial charge in [-0.3, -0.25) is 15.5 Å². The fourth-order valence-corrected chi connectivity index (χ4v) is 1.72. The third-order valence-electron chi connectivity index (χ3n) is 1.93. The predicted octanol–water partition coefficient (Wildman–Crippen LogP) is -2.34. The van der Waals surface area contributed by atoms with E-state index in [4.69, 9.17) is 0 Å². The maximum absolute atomic E-state index is 11.3. The Labute approximate surface area is 149 Å². The molecule has 0 atom stereocenters. The van der Waals surface area contributed by atoms with Gasteiger partial charge in [-0.25, -0.2) is 12.2 Å². The molecule has 2 rings (SSSR count). The number of carbonyl (C=O) groups excluding carboxylic acids is 1. The van der Waals surface area contributed by atoms with Crippen LogP contribution < -0.4 is 24.8 Å². The van der Waals surface area contributed by atoms with Crippen LogP contribution in [0.2, 0.25) is 13.1 Å². The summed E-state index contributed by atoms with van der Waals surface area (Å²) in [5.74, 6) is -0.0884. The monoisotopic (exact) mass is 360 g/mol. The van der Waals surface area contributed by atoms with E-state index in [9.17, 15) is 4.79 Å². The van der Waals surface area contributed by atoms with Gasteiger partial charge in [-0.15, -0.1) is 6.42 Å². The van der Waals surface area contributed by atoms with Crippen LogP contribution in [0.25, 0.3) is 0 Å². The Bertz CT molecular complexity index is 448. The zero-order valence-electron chi connectivity index (χ0n) is 11.4. The molecule has 1 aromatic rings. The Morgan fingerprint density at radius 1 is 1.20 bits per heavy atom. The second-order valence-corrected chi connectivity index (χ2v) is 5.85. The molecule has 0 saturated carbocycles. The molecule has 0 fully saturated rings. The quantitative estimate of drug-likeness (QED) is 0.407. The number of amides is 1. The first kappa shape index (κ1) is 24.7. The Morgan fingerprint density at radius 3 is 2.15 bits per heavy atom. The molecule has 0 aromatic heterocycles. The average molecular weight is 361 g/mol. The van der Waals surface area contributed by atoms with Crippen molar-refractivity contribution in [2.75, 3.05) is 0 Å². The number of allylic oxidation sites excluding steroid dienone is 4. The first-order valence-electron chi connectivity index (χ1n) is 5.53. The van der Waals surface area contributed by atoms with Crippen molar-refractivity contribution in [3.63, 3.8) is 0 Å². The predicted molar refractivity (Wildman–Crippen MR) is 72.3 cm³/mol. The fourth-order valence-electron chi connectivity index (χ4n) is 1.19. The van der Waals surface area contributed by atoms with Crippen molar-refractivity contribution in [1.82, 2.24) is 0 Å². The van der Waals surface area contributed by atoms with E-state index in [1.165, 1.54) is 0 Å². The van der Waals surface area contributed by atoms with Crippen LogP contribution in [0.4, 0.5) is 0 Å². The van der Waals surface area contributed by atoms with E-state index in [1.807, 2.05) is 43.4 Å². The van der Waals surface area contributed by atoms with Crippen LogP contribution in [-0.4, -0.2) is 14.5 Å². The Hall–Kier alpha value is -0.319. The smallest absolute Gasteiger partial charge is 1.00 e. The summed E-state index contributed by atoms with van der Waals surface area (Å²) in [5, 5.41) is 0. The van der Waals surface area contributed by atoms with E-state index in [1.54, 1.807) is 12.1 Å². The number of benzene rings is 1. The van der Waals surface area contributed by atoms with Crippen molar-refractivity contribution in [1.29, 1.82) is 0 Å². The number of hydrogen-bond acceptors (Lipinski definition) is 1. The van der Waals surface area contributed by atoms with E-state index in [2.05, 4.69) is 16.8 Å². The maximum atomic E-state index is 11.3. The molecule has 1 aliphatic rings. The Morgan fingerprint density at radius 2 is 1.80 bits per heavy atom. The standard InChI is InChI=1S/C9H11NOSi.C5H5.2ClH.Ti/c1-12(2)10-9(11)8-6-4-3-5-7-8;1-2-4-5-3-1;;;/h3-7H,1-2H3;1-3H,4H2;2*1H;/q;-1;;;+3/p-2. The van der Waals surface area contributed by atoms with Crippen LogP contribution in [0.15, 0.2) is 53.2 Å². The number of carbonyl (C=O) groups is 1. The van der Waals surface area contributed by atoms with Crippen LogP contribution in [0, 0.1) is 6.08 Å². The van der Waals surface area contributed by atoms with Crippen molar-refractivity contribution in [3.05, 3.63) is 60.2 Å². The van der Waals surface area contributed by atoms with E-state index in [-0.39, 0.29) is 52.4 Å². The molecule has 0 aliphatic heterocycles. The summed E-state index contributed by atoms with van der Waals surface area (Å²) in [4.78, 5) is 11.3. The molecule has 0 spiro atoms. The molecule has 0 heterocycles. The fraction of sp³-hybridized carbons (Fsp3) is 0.214. The van der Waals surface area contributed by atoms with Gasteiger partial charge in [0.1, 0.15) is 8.59 Å². The zero-order valence-corrected chi connectivity index (χ0v) is 15.5. The van der Waals surface area contributed by atoms with Gasteiger partial charge in [0.25, 0.3) is 5.91 Å². The van der Waals surface area contributed by atoms with Crippen molar-refractivity contribution < 1.29 is 51.3 Å². The average Bonchev–Trinajstić information content (AvgIpc) is 2.88. The minimum absolute atomic E-state index is 0. The minimum Gasteiger partial charge on any atom is -1.00 e. The first-order valence-corrected chi connectivity index (χ1v) is 7.98. The molecule has 1 amide bonds. The Balaban J connectivity index is -0.000000312. The molecule has 1 aromatic carbocycles. The van der Waals surface area contributed by atoms with Gasteiger partial charge in [-0.1, -0.05) is 18.2 Å². The molecule has 0 unspecified atom stereocenters. The van der Waals surface area contributed by atoms with Crippen molar-refractivity contribution in [2.45, 2.75) is 19.5 Å². The van der Waals surface area contributed by atoms with E-state index in [0.29, 0.717) is 5.56 Å². The van der Waals surface area contributed by atoms with Crippen LogP contribution in [0.3, 0.4) is 0 Å². The van der Waals surface area contributed by atoms with E-state index in [0.717, 1.165) is 6.42 Å². The molecule has 6 heteroatoms. The van der Waals surface area contributed by atoms with Gasteiger partial charge < -0.3 is 24.8 Å². The zero-order chi connectivity index (χ0) is 12.5. The summed E-state index contributed by atoms with van der Waals surface area (Å²) in [6, 6.07) is 9.16. The van der Waals surface area contributed by atoms with Gasteiger partial charge in [0, 0.05) is 5.56 Å². The van der Waals surface area contributed by atoms with Gasteiger partial charge in [0.15, 0.2) is 0 Å². The second-order valence-electron chi connectivity index (χ2n) is 3.73. The van der Waals surface area contributed by atoms with Gasteiger partial charge >= 0.3 is 21.7 Å². The number of hydrogen-bond donors (Lipinski definition) is 0. The molecule has 105 valence electrons. The molecular weight excluding hydrogens is 345 g/mol. The molecular formula is C14H16Cl2NOSiTi. The SMILES string of the molecule is C[Si](C)=NC(=O)c1ccccc1.[C-]1=CC=CC1.[Cl-].[Cl-].[Ti+3]. The summed E-state index contributed by atoms with van der Waals surface area (Å²) < 4.78 is 4.01. The number of halogens is 2. The van der Waals surface area contributed by atoms with Crippen molar-refractivity contribution in [3.8, 4) is 0 Å². The van der Waals surface area contributed by atoms with Crippen LogP contribution >= 0.6 is 0 Å². The minimum atomic E-state index is -0.805. The van der Waals surface area contributed by atoms with E-state index >= 15 is 0 Å². The third kappa shape index (κ3) is 11.5. The molecule has 2 nitrogen and oxygen atoms in total. The second kappa shape index (κ2) is 15.1. The molecule has 1 aliphatic carbocycles. The maximum Gasteiger partial charge on any atom is 3.00 e. The summed E-state index contributed by atoms with van der Waals surface area (Å²) in [7, 11) is -0.805. The van der Waals surface area contributed by atoms with Crippen LogP contribution in [0.5, 0.6) is 0 Å². The van der Waals surface area contributed by atoms with Crippen LogP contribution in [0.1, 0.15) is 16.8 Å². The molecule has 0 bridgehead atoms. The summed E-state index contributed by atoms with van der Waals surface area (Å²) in [6.45, 7) is 3.98. The third-order valence-corrected chi connectivity index (χ3v) is 2.58. The van der Waals surface area contributed by atoms with Gasteiger partial charge in [-0.05, 0) is 25.2 Å². The van der Waals surface area contributed by atoms with Crippen molar-refractivity contribution >= 4 is 14.5 Å². The first-order chi connectivity index (χ1) is 8.20.